The molecule has 2 aromatic heterocycles. The maximum Gasteiger partial charge on any atom is 0.266 e. The number of ether oxygens (including phenoxy) is 1. The minimum Gasteiger partial charge on any atom is -0.497 e. The monoisotopic (exact) mass is 417 g/mol. The van der Waals surface area contributed by atoms with Crippen LogP contribution in [0.2, 0.25) is 0 Å². The maximum atomic E-state index is 12.9. The number of anilines is 2. The number of sulfonamides is 1. The summed E-state index contributed by atoms with van der Waals surface area (Å²) in [6.45, 7) is 1.89. The first-order valence-corrected chi connectivity index (χ1v) is 10.6. The summed E-state index contributed by atoms with van der Waals surface area (Å²) < 4.78 is 32.0. The molecule has 0 saturated heterocycles. The predicted molar refractivity (Wildman–Crippen MR) is 110 cm³/mol. The number of hydrogen-bond acceptors (Lipinski definition) is 6. The van der Waals surface area contributed by atoms with Gasteiger partial charge in [-0.1, -0.05) is 0 Å². The number of carbonyl (C=O) groups is 1. The summed E-state index contributed by atoms with van der Waals surface area (Å²) in [5.41, 5.74) is 1.45. The van der Waals surface area contributed by atoms with Crippen molar-refractivity contribution in [3.05, 3.63) is 64.5 Å². The number of rotatable bonds is 6. The highest BCUT2D eigenvalue weighted by Gasteiger charge is 2.24. The standard InChI is InChI=1S/C19H19N3O4S2/c1-13-8-9-20-18(10-13)21-19(23)17-11-16(12-27-17)28(24,25)22(2)14-4-6-15(26-3)7-5-14/h4-12H,1-3H3,(H,20,21,23). The van der Waals surface area contributed by atoms with E-state index in [1.807, 2.05) is 13.0 Å². The second-order valence-electron chi connectivity index (χ2n) is 5.99. The number of amides is 1. The number of methoxy groups -OCH3 is 1. The van der Waals surface area contributed by atoms with Gasteiger partial charge in [0.25, 0.3) is 15.9 Å². The molecule has 0 aliphatic carbocycles. The fourth-order valence-corrected chi connectivity index (χ4v) is 4.80. The SMILES string of the molecule is COc1ccc(N(C)S(=O)(=O)c2csc(C(=O)Nc3cc(C)ccn3)c2)cc1. The molecule has 1 amide bonds. The van der Waals surface area contributed by atoms with E-state index in [4.69, 9.17) is 4.74 Å². The third-order valence-electron chi connectivity index (χ3n) is 4.05. The van der Waals surface area contributed by atoms with E-state index in [1.54, 1.807) is 43.6 Å². The van der Waals surface area contributed by atoms with Gasteiger partial charge in [-0.05, 0) is 55.0 Å². The number of aromatic nitrogens is 1. The largest absolute Gasteiger partial charge is 0.497 e. The topological polar surface area (TPSA) is 88.6 Å². The van der Waals surface area contributed by atoms with Crippen LogP contribution in [-0.4, -0.2) is 33.5 Å². The van der Waals surface area contributed by atoms with Gasteiger partial charge in [0.2, 0.25) is 0 Å². The van der Waals surface area contributed by atoms with Crippen LogP contribution in [0.1, 0.15) is 15.2 Å². The average molecular weight is 418 g/mol. The van der Waals surface area contributed by atoms with Crippen molar-refractivity contribution < 1.29 is 17.9 Å². The molecule has 28 heavy (non-hydrogen) atoms. The molecule has 0 saturated carbocycles. The zero-order chi connectivity index (χ0) is 20.3. The van der Waals surface area contributed by atoms with E-state index in [1.165, 1.54) is 18.5 Å². The number of aryl methyl sites for hydroxylation is 1. The van der Waals surface area contributed by atoms with Crippen molar-refractivity contribution in [2.24, 2.45) is 0 Å². The third-order valence-corrected chi connectivity index (χ3v) is 6.89. The van der Waals surface area contributed by atoms with Gasteiger partial charge in [-0.3, -0.25) is 9.10 Å². The van der Waals surface area contributed by atoms with Crippen LogP contribution >= 0.6 is 11.3 Å². The Hall–Kier alpha value is -2.91. The lowest BCUT2D eigenvalue weighted by Crippen LogP contribution is -2.26. The van der Waals surface area contributed by atoms with Gasteiger partial charge in [0.05, 0.1) is 22.6 Å². The van der Waals surface area contributed by atoms with Crippen LogP contribution in [-0.2, 0) is 10.0 Å². The van der Waals surface area contributed by atoms with Gasteiger partial charge in [0, 0.05) is 18.6 Å². The number of carbonyl (C=O) groups excluding carboxylic acids is 1. The zero-order valence-electron chi connectivity index (χ0n) is 15.5. The van der Waals surface area contributed by atoms with Gasteiger partial charge in [0.1, 0.15) is 11.6 Å². The van der Waals surface area contributed by atoms with Crippen LogP contribution in [0, 0.1) is 6.92 Å². The fourth-order valence-electron chi connectivity index (χ4n) is 2.44. The molecule has 0 aliphatic rings. The van der Waals surface area contributed by atoms with E-state index in [-0.39, 0.29) is 9.77 Å². The number of nitrogens with one attached hydrogen (secondary N) is 1. The van der Waals surface area contributed by atoms with Crippen LogP contribution in [0.3, 0.4) is 0 Å². The molecule has 1 N–H and O–H groups in total. The predicted octanol–water partition coefficient (Wildman–Crippen LogP) is 3.54. The molecule has 9 heteroatoms. The number of pyridine rings is 1. The van der Waals surface area contributed by atoms with E-state index in [2.05, 4.69) is 10.3 Å². The molecule has 0 bridgehead atoms. The summed E-state index contributed by atoms with van der Waals surface area (Å²) in [5, 5.41) is 4.13. The highest BCUT2D eigenvalue weighted by Crippen LogP contribution is 2.27. The molecule has 0 aliphatic heterocycles. The molecule has 0 spiro atoms. The Morgan fingerprint density at radius 1 is 1.18 bits per heavy atom. The Balaban J connectivity index is 1.80. The molecule has 0 atom stereocenters. The fraction of sp³-hybridized carbons (Fsp3) is 0.158. The minimum absolute atomic E-state index is 0.0539. The molecular weight excluding hydrogens is 398 g/mol. The van der Waals surface area contributed by atoms with Crippen LogP contribution in [0.4, 0.5) is 11.5 Å². The first-order valence-electron chi connectivity index (χ1n) is 8.27. The van der Waals surface area contributed by atoms with Gasteiger partial charge >= 0.3 is 0 Å². The minimum atomic E-state index is -3.80. The van der Waals surface area contributed by atoms with Gasteiger partial charge < -0.3 is 10.1 Å². The molecule has 2 heterocycles. The lowest BCUT2D eigenvalue weighted by Gasteiger charge is -2.18. The maximum absolute atomic E-state index is 12.9. The molecule has 146 valence electrons. The summed E-state index contributed by atoms with van der Waals surface area (Å²) >= 11 is 1.06. The van der Waals surface area contributed by atoms with Crippen molar-refractivity contribution in [3.8, 4) is 5.75 Å². The molecule has 3 rings (SSSR count). The smallest absolute Gasteiger partial charge is 0.266 e. The lowest BCUT2D eigenvalue weighted by atomic mass is 10.3. The van der Waals surface area contributed by atoms with Crippen molar-refractivity contribution >= 4 is 38.8 Å². The van der Waals surface area contributed by atoms with Gasteiger partial charge in [-0.2, -0.15) is 0 Å². The zero-order valence-corrected chi connectivity index (χ0v) is 17.2. The van der Waals surface area contributed by atoms with Crippen molar-refractivity contribution in [1.29, 1.82) is 0 Å². The van der Waals surface area contributed by atoms with Crippen molar-refractivity contribution in [2.75, 3.05) is 23.8 Å². The van der Waals surface area contributed by atoms with E-state index >= 15 is 0 Å². The van der Waals surface area contributed by atoms with Crippen molar-refractivity contribution in [3.63, 3.8) is 0 Å². The van der Waals surface area contributed by atoms with Gasteiger partial charge in [-0.15, -0.1) is 11.3 Å². The number of benzene rings is 1. The van der Waals surface area contributed by atoms with E-state index in [0.717, 1.165) is 21.2 Å². The van der Waals surface area contributed by atoms with Crippen LogP contribution in [0.15, 0.2) is 58.9 Å². The van der Waals surface area contributed by atoms with Crippen LogP contribution < -0.4 is 14.4 Å². The van der Waals surface area contributed by atoms with Crippen LogP contribution in [0.5, 0.6) is 5.75 Å². The summed E-state index contributed by atoms with van der Waals surface area (Å²) in [5.74, 6) is 0.642. The Kier molecular flexibility index (Phi) is 5.66. The summed E-state index contributed by atoms with van der Waals surface area (Å²) in [4.78, 5) is 16.8. The Morgan fingerprint density at radius 3 is 2.54 bits per heavy atom. The normalized spacial score (nSPS) is 11.1. The van der Waals surface area contributed by atoms with E-state index < -0.39 is 15.9 Å². The van der Waals surface area contributed by atoms with E-state index in [9.17, 15) is 13.2 Å². The molecular formula is C19H19N3O4S2. The number of hydrogen-bond donors (Lipinski definition) is 1. The van der Waals surface area contributed by atoms with Crippen molar-refractivity contribution in [2.45, 2.75) is 11.8 Å². The molecule has 0 radical (unpaired) electrons. The van der Waals surface area contributed by atoms with Crippen LogP contribution in [0.25, 0.3) is 0 Å². The molecule has 0 fully saturated rings. The first-order chi connectivity index (χ1) is 13.3. The second kappa shape index (κ2) is 7.99. The Labute approximate surface area is 167 Å². The quantitative estimate of drug-likeness (QED) is 0.663. The molecule has 7 nitrogen and oxygen atoms in total. The van der Waals surface area contributed by atoms with E-state index in [0.29, 0.717) is 17.3 Å². The van der Waals surface area contributed by atoms with Gasteiger partial charge in [0.15, 0.2) is 0 Å². The first kappa shape index (κ1) is 19.8. The Morgan fingerprint density at radius 2 is 1.89 bits per heavy atom. The van der Waals surface area contributed by atoms with Gasteiger partial charge in [-0.25, -0.2) is 13.4 Å². The molecule has 0 unspecified atom stereocenters. The highest BCUT2D eigenvalue weighted by atomic mass is 32.2. The highest BCUT2D eigenvalue weighted by molar-refractivity contribution is 7.93. The summed E-state index contributed by atoms with van der Waals surface area (Å²) in [6, 6.07) is 11.6. The van der Waals surface area contributed by atoms with Crippen molar-refractivity contribution in [1.82, 2.24) is 4.98 Å². The number of thiophene rings is 1. The summed E-state index contributed by atoms with van der Waals surface area (Å²) in [6.07, 6.45) is 1.60. The summed E-state index contributed by atoms with van der Waals surface area (Å²) in [7, 11) is -0.792. The average Bonchev–Trinajstić information content (AvgIpc) is 3.19. The lowest BCUT2D eigenvalue weighted by molar-refractivity contribution is 0.103. The molecule has 1 aromatic carbocycles. The number of nitrogens with zero attached hydrogens (tertiary/aromatic N) is 2. The third kappa shape index (κ3) is 4.15. The Bertz CT molecular complexity index is 1090. The molecule has 3 aromatic rings. The second-order valence-corrected chi connectivity index (χ2v) is 8.87.